The van der Waals surface area contributed by atoms with Gasteiger partial charge in [-0.3, -0.25) is 0 Å². The third kappa shape index (κ3) is 6.08. The van der Waals surface area contributed by atoms with Crippen molar-refractivity contribution in [3.05, 3.63) is 83.6 Å². The van der Waals surface area contributed by atoms with Crippen LogP contribution in [0.3, 0.4) is 0 Å². The number of hydrogen-bond acceptors (Lipinski definition) is 6. The molecule has 0 radical (unpaired) electrons. The minimum atomic E-state index is -4.37. The Morgan fingerprint density at radius 1 is 1.05 bits per heavy atom. The number of β-amino-alcohol motifs (C(OH)–C–C–N with tert-alkyl or cyclic N) is 1. The fraction of sp³-hybridized carbons (Fsp3) is 0.357. The largest absolute Gasteiger partial charge is 0.442 e. The zero-order valence-corrected chi connectivity index (χ0v) is 20.6. The number of benzene rings is 2. The van der Waals surface area contributed by atoms with Crippen molar-refractivity contribution in [1.29, 1.82) is 0 Å². The molecule has 3 aromatic rings. The summed E-state index contributed by atoms with van der Waals surface area (Å²) < 4.78 is 44.1. The molecule has 0 bridgehead atoms. The molecular formula is C28H29F3N4O3. The van der Waals surface area contributed by atoms with Gasteiger partial charge in [0.25, 0.3) is 0 Å². The smallest absolute Gasteiger partial charge is 0.416 e. The fourth-order valence-corrected chi connectivity index (χ4v) is 4.69. The van der Waals surface area contributed by atoms with E-state index in [1.807, 2.05) is 36.4 Å². The number of carbonyl (C=O) groups excluding carboxylic acids is 1. The molecule has 0 saturated carbocycles. The Morgan fingerprint density at radius 3 is 2.37 bits per heavy atom. The molecule has 3 heterocycles. The number of aliphatic hydroxyl groups is 1. The van der Waals surface area contributed by atoms with Crippen molar-refractivity contribution in [2.75, 3.05) is 24.5 Å². The van der Waals surface area contributed by atoms with Crippen LogP contribution in [0.15, 0.2) is 66.9 Å². The molecule has 3 atom stereocenters. The average molecular weight is 527 g/mol. The fourth-order valence-electron chi connectivity index (χ4n) is 4.69. The second kappa shape index (κ2) is 11.0. The molecule has 2 aliphatic heterocycles. The summed E-state index contributed by atoms with van der Waals surface area (Å²) in [6.07, 6.45) is -3.16. The van der Waals surface area contributed by atoms with Gasteiger partial charge in [-0.2, -0.15) is 13.2 Å². The molecule has 2 aliphatic rings. The lowest BCUT2D eigenvalue weighted by Gasteiger charge is -2.32. The van der Waals surface area contributed by atoms with E-state index in [2.05, 4.69) is 20.5 Å². The number of anilines is 1. The highest BCUT2D eigenvalue weighted by Crippen LogP contribution is 2.31. The van der Waals surface area contributed by atoms with Crippen LogP contribution in [0.25, 0.3) is 11.1 Å². The van der Waals surface area contributed by atoms with Gasteiger partial charge < -0.3 is 25.4 Å². The van der Waals surface area contributed by atoms with Gasteiger partial charge in [0.2, 0.25) is 0 Å². The van der Waals surface area contributed by atoms with E-state index in [1.165, 1.54) is 12.1 Å². The number of aromatic nitrogens is 1. The van der Waals surface area contributed by atoms with Crippen LogP contribution in [0.1, 0.15) is 23.1 Å². The lowest BCUT2D eigenvalue weighted by Crippen LogP contribution is -2.41. The number of pyridine rings is 1. The quantitative estimate of drug-likeness (QED) is 0.429. The lowest BCUT2D eigenvalue weighted by atomic mass is 9.98. The highest BCUT2D eigenvalue weighted by atomic mass is 19.4. The minimum absolute atomic E-state index is 0.286. The average Bonchev–Trinajstić information content (AvgIpc) is 3.20. The van der Waals surface area contributed by atoms with Crippen molar-refractivity contribution < 1.29 is 27.8 Å². The van der Waals surface area contributed by atoms with Crippen molar-refractivity contribution in [2.24, 2.45) is 0 Å². The second-order valence-corrected chi connectivity index (χ2v) is 9.64. The van der Waals surface area contributed by atoms with Gasteiger partial charge in [0.05, 0.1) is 11.6 Å². The van der Waals surface area contributed by atoms with Gasteiger partial charge in [0.1, 0.15) is 18.0 Å². The van der Waals surface area contributed by atoms with Crippen molar-refractivity contribution in [2.45, 2.75) is 43.8 Å². The summed E-state index contributed by atoms with van der Waals surface area (Å²) in [5, 5.41) is 16.4. The first kappa shape index (κ1) is 26.0. The number of halogens is 3. The predicted octanol–water partition coefficient (Wildman–Crippen LogP) is 4.15. The van der Waals surface area contributed by atoms with Crippen LogP contribution in [0.2, 0.25) is 0 Å². The molecule has 10 heteroatoms. The van der Waals surface area contributed by atoms with Crippen LogP contribution in [0.5, 0.6) is 0 Å². The molecular weight excluding hydrogens is 497 g/mol. The summed E-state index contributed by atoms with van der Waals surface area (Å²) in [5.74, 6) is 0.892. The Kier molecular flexibility index (Phi) is 7.53. The van der Waals surface area contributed by atoms with Gasteiger partial charge in [-0.15, -0.1) is 0 Å². The van der Waals surface area contributed by atoms with Crippen LogP contribution in [0, 0.1) is 0 Å². The second-order valence-electron chi connectivity index (χ2n) is 9.64. The summed E-state index contributed by atoms with van der Waals surface area (Å²) in [6.45, 7) is 2.56. The Hall–Kier alpha value is -3.63. The molecule has 1 amide bonds. The Bertz CT molecular complexity index is 1250. The van der Waals surface area contributed by atoms with Crippen LogP contribution < -0.4 is 15.5 Å². The summed E-state index contributed by atoms with van der Waals surface area (Å²) in [4.78, 5) is 19.1. The molecule has 3 N–H and O–H groups in total. The van der Waals surface area contributed by atoms with E-state index in [1.54, 1.807) is 6.20 Å². The number of rotatable bonds is 7. The predicted molar refractivity (Wildman–Crippen MR) is 137 cm³/mol. The SMILES string of the molecule is O=C(NCc1ccnc(N2CCC2)c1)O[C@@H]1[C@@H](O)CN[C@@H]1Cc1ccc(-c2ccc(C(F)(F)F)cc2)cc1. The van der Waals surface area contributed by atoms with E-state index < -0.39 is 30.0 Å². The molecule has 1 aromatic heterocycles. The number of aliphatic hydroxyl groups excluding tert-OH is 1. The summed E-state index contributed by atoms with van der Waals surface area (Å²) in [7, 11) is 0. The molecule has 0 aliphatic carbocycles. The molecule has 0 unspecified atom stereocenters. The Balaban J connectivity index is 1.16. The number of hydrogen-bond donors (Lipinski definition) is 3. The number of carbonyl (C=O) groups is 1. The van der Waals surface area contributed by atoms with Crippen molar-refractivity contribution in [3.8, 4) is 11.1 Å². The van der Waals surface area contributed by atoms with Gasteiger partial charge >= 0.3 is 12.3 Å². The molecule has 200 valence electrons. The van der Waals surface area contributed by atoms with Gasteiger partial charge in [-0.25, -0.2) is 9.78 Å². The van der Waals surface area contributed by atoms with Crippen LogP contribution in [0.4, 0.5) is 23.8 Å². The standard InChI is InChI=1S/C28H29F3N4O3/c29-28(30,31)22-8-6-21(7-9-22)20-4-2-18(3-5-20)14-23-26(24(36)17-33-23)38-27(37)34-16-19-10-11-32-25(15-19)35-12-1-13-35/h2-11,15,23-24,26,33,36H,1,12-14,16-17H2,(H,34,37)/t23-,24+,26+/m1/s1. The van der Waals surface area contributed by atoms with Crippen LogP contribution >= 0.6 is 0 Å². The number of alkyl halides is 3. The van der Waals surface area contributed by atoms with Gasteiger partial charge in [-0.05, 0) is 59.4 Å². The van der Waals surface area contributed by atoms with E-state index in [0.29, 0.717) is 18.5 Å². The van der Waals surface area contributed by atoms with Crippen molar-refractivity contribution in [1.82, 2.24) is 15.6 Å². The minimum Gasteiger partial charge on any atom is -0.442 e. The van der Waals surface area contributed by atoms with Crippen molar-refractivity contribution in [3.63, 3.8) is 0 Å². The number of alkyl carbamates (subject to hydrolysis) is 1. The first-order chi connectivity index (χ1) is 18.3. The summed E-state index contributed by atoms with van der Waals surface area (Å²) in [5.41, 5.74) is 2.65. The maximum atomic E-state index is 12.8. The molecule has 2 saturated heterocycles. The third-order valence-corrected chi connectivity index (χ3v) is 6.99. The molecule has 0 spiro atoms. The summed E-state index contributed by atoms with van der Waals surface area (Å²) >= 11 is 0. The van der Waals surface area contributed by atoms with Crippen molar-refractivity contribution >= 4 is 11.9 Å². The first-order valence-corrected chi connectivity index (χ1v) is 12.6. The van der Waals surface area contributed by atoms with Crippen LogP contribution in [-0.4, -0.2) is 54.1 Å². The maximum Gasteiger partial charge on any atom is 0.416 e. The Morgan fingerprint density at radius 2 is 1.74 bits per heavy atom. The Labute approximate surface area is 218 Å². The van der Waals surface area contributed by atoms with E-state index >= 15 is 0 Å². The normalized spacial score (nSPS) is 21.2. The molecule has 2 fully saturated rings. The van der Waals surface area contributed by atoms with E-state index in [4.69, 9.17) is 4.74 Å². The first-order valence-electron chi connectivity index (χ1n) is 12.6. The lowest BCUT2D eigenvalue weighted by molar-refractivity contribution is -0.137. The molecule has 38 heavy (non-hydrogen) atoms. The van der Waals surface area contributed by atoms with Crippen LogP contribution in [-0.2, 0) is 23.9 Å². The van der Waals surface area contributed by atoms with E-state index in [-0.39, 0.29) is 12.6 Å². The van der Waals surface area contributed by atoms with E-state index in [9.17, 15) is 23.1 Å². The topological polar surface area (TPSA) is 86.7 Å². The maximum absolute atomic E-state index is 12.8. The number of ether oxygens (including phenoxy) is 1. The highest BCUT2D eigenvalue weighted by Gasteiger charge is 2.37. The van der Waals surface area contributed by atoms with Gasteiger partial charge in [0.15, 0.2) is 0 Å². The summed E-state index contributed by atoms with van der Waals surface area (Å²) in [6, 6.07) is 16.0. The number of nitrogens with zero attached hydrogens (tertiary/aromatic N) is 2. The number of amides is 1. The number of nitrogens with one attached hydrogen (secondary N) is 2. The highest BCUT2D eigenvalue weighted by molar-refractivity contribution is 5.67. The third-order valence-electron chi connectivity index (χ3n) is 6.99. The van der Waals surface area contributed by atoms with Gasteiger partial charge in [-0.1, -0.05) is 36.4 Å². The van der Waals surface area contributed by atoms with Gasteiger partial charge in [0, 0.05) is 32.4 Å². The molecule has 5 rings (SSSR count). The monoisotopic (exact) mass is 526 g/mol. The zero-order chi connectivity index (χ0) is 26.7. The molecule has 7 nitrogen and oxygen atoms in total. The van der Waals surface area contributed by atoms with E-state index in [0.717, 1.165) is 54.2 Å². The zero-order valence-electron chi connectivity index (χ0n) is 20.6. The molecule has 2 aromatic carbocycles.